The van der Waals surface area contributed by atoms with Gasteiger partial charge in [0.25, 0.3) is 0 Å². The third-order valence-electron chi connectivity index (χ3n) is 3.14. The normalized spacial score (nSPS) is 22.2. The zero-order valence-corrected chi connectivity index (χ0v) is 8.88. The van der Waals surface area contributed by atoms with Crippen LogP contribution in [0.3, 0.4) is 0 Å². The zero-order chi connectivity index (χ0) is 9.73. The van der Waals surface area contributed by atoms with E-state index in [1.165, 1.54) is 6.42 Å². The van der Waals surface area contributed by atoms with Gasteiger partial charge in [-0.1, -0.05) is 20.3 Å². The number of hydrogen-bond acceptors (Lipinski definition) is 2. The maximum atomic E-state index is 9.40. The first kappa shape index (κ1) is 11.0. The largest absolute Gasteiger partial charge is 0.396 e. The number of aliphatic hydroxyl groups excluding tert-OH is 1. The van der Waals surface area contributed by atoms with Crippen LogP contribution in [0.1, 0.15) is 39.5 Å². The van der Waals surface area contributed by atoms with E-state index in [2.05, 4.69) is 13.8 Å². The van der Waals surface area contributed by atoms with Gasteiger partial charge < -0.3 is 9.84 Å². The molecule has 1 saturated heterocycles. The Labute approximate surface area is 81.3 Å². The highest BCUT2D eigenvalue weighted by molar-refractivity contribution is 4.81. The number of rotatable bonds is 4. The smallest absolute Gasteiger partial charge is 0.0489 e. The van der Waals surface area contributed by atoms with Crippen molar-refractivity contribution in [2.24, 2.45) is 11.3 Å². The van der Waals surface area contributed by atoms with Gasteiger partial charge in [0, 0.05) is 19.8 Å². The fourth-order valence-electron chi connectivity index (χ4n) is 1.89. The summed E-state index contributed by atoms with van der Waals surface area (Å²) in [6.07, 6.45) is 4.46. The van der Waals surface area contributed by atoms with E-state index in [-0.39, 0.29) is 5.41 Å². The average Bonchev–Trinajstić information content (AvgIpc) is 2.16. The Hall–Kier alpha value is -0.0800. The molecule has 78 valence electrons. The van der Waals surface area contributed by atoms with Crippen LogP contribution in [0.25, 0.3) is 0 Å². The van der Waals surface area contributed by atoms with Gasteiger partial charge in [-0.15, -0.1) is 0 Å². The summed E-state index contributed by atoms with van der Waals surface area (Å²) in [5.74, 6) is 0.742. The predicted molar refractivity (Wildman–Crippen MR) is 53.6 cm³/mol. The first-order valence-corrected chi connectivity index (χ1v) is 5.37. The molecule has 1 aliphatic rings. The van der Waals surface area contributed by atoms with Crippen molar-refractivity contribution in [1.29, 1.82) is 0 Å². The van der Waals surface area contributed by atoms with Crippen LogP contribution in [0.4, 0.5) is 0 Å². The molecule has 0 aromatic carbocycles. The first-order chi connectivity index (χ1) is 6.18. The average molecular weight is 186 g/mol. The lowest BCUT2D eigenvalue weighted by Crippen LogP contribution is -2.33. The molecule has 1 rings (SSSR count). The summed E-state index contributed by atoms with van der Waals surface area (Å²) in [5.41, 5.74) is 0.183. The molecule has 2 heteroatoms. The van der Waals surface area contributed by atoms with Crippen molar-refractivity contribution in [3.63, 3.8) is 0 Å². The molecule has 1 fully saturated rings. The quantitative estimate of drug-likeness (QED) is 0.729. The van der Waals surface area contributed by atoms with Crippen molar-refractivity contribution in [3.8, 4) is 0 Å². The third kappa shape index (κ3) is 3.28. The molecule has 13 heavy (non-hydrogen) atoms. The Morgan fingerprint density at radius 2 is 1.92 bits per heavy atom. The van der Waals surface area contributed by atoms with Crippen molar-refractivity contribution in [3.05, 3.63) is 0 Å². The lowest BCUT2D eigenvalue weighted by atomic mass is 9.76. The second-order valence-corrected chi connectivity index (χ2v) is 4.70. The molecule has 0 spiro atoms. The topological polar surface area (TPSA) is 29.5 Å². The molecule has 2 nitrogen and oxygen atoms in total. The molecule has 0 radical (unpaired) electrons. The predicted octanol–water partition coefficient (Wildman–Crippen LogP) is 2.21. The standard InChI is InChI=1S/C11H22O2/c1-10(2)3-4-11(9-12)5-7-13-8-6-11/h10,12H,3-9H2,1-2H3. The SMILES string of the molecule is CC(C)CCC1(CO)CCOCC1. The van der Waals surface area contributed by atoms with Crippen molar-refractivity contribution in [2.75, 3.05) is 19.8 Å². The van der Waals surface area contributed by atoms with Crippen LogP contribution in [-0.4, -0.2) is 24.9 Å². The molecule has 0 aliphatic carbocycles. The molecule has 1 aliphatic heterocycles. The maximum Gasteiger partial charge on any atom is 0.0489 e. The van der Waals surface area contributed by atoms with Crippen LogP contribution < -0.4 is 0 Å². The molecule has 0 saturated carbocycles. The van der Waals surface area contributed by atoms with Gasteiger partial charge in [-0.3, -0.25) is 0 Å². The van der Waals surface area contributed by atoms with E-state index in [4.69, 9.17) is 4.74 Å². The van der Waals surface area contributed by atoms with Gasteiger partial charge in [0.2, 0.25) is 0 Å². The number of ether oxygens (including phenoxy) is 1. The van der Waals surface area contributed by atoms with Crippen LogP contribution >= 0.6 is 0 Å². The summed E-state index contributed by atoms with van der Waals surface area (Å²) in [5, 5.41) is 9.40. The van der Waals surface area contributed by atoms with E-state index in [0.29, 0.717) is 6.61 Å². The Morgan fingerprint density at radius 3 is 2.38 bits per heavy atom. The molecular formula is C11H22O2. The summed E-state index contributed by atoms with van der Waals surface area (Å²) in [6, 6.07) is 0. The van der Waals surface area contributed by atoms with Gasteiger partial charge in [-0.2, -0.15) is 0 Å². The number of hydrogen-bond donors (Lipinski definition) is 1. The van der Waals surface area contributed by atoms with Crippen molar-refractivity contribution in [1.82, 2.24) is 0 Å². The first-order valence-electron chi connectivity index (χ1n) is 5.37. The summed E-state index contributed by atoms with van der Waals surface area (Å²) in [7, 11) is 0. The van der Waals surface area contributed by atoms with Crippen molar-refractivity contribution < 1.29 is 9.84 Å². The van der Waals surface area contributed by atoms with Crippen LogP contribution in [0.5, 0.6) is 0 Å². The van der Waals surface area contributed by atoms with Gasteiger partial charge in [-0.05, 0) is 30.6 Å². The number of aliphatic hydroxyl groups is 1. The van der Waals surface area contributed by atoms with Gasteiger partial charge in [0.1, 0.15) is 0 Å². The molecule has 0 aromatic heterocycles. The van der Waals surface area contributed by atoms with Gasteiger partial charge >= 0.3 is 0 Å². The summed E-state index contributed by atoms with van der Waals surface area (Å²) in [6.45, 7) is 6.48. The fraction of sp³-hybridized carbons (Fsp3) is 1.00. The van der Waals surface area contributed by atoms with Crippen molar-refractivity contribution >= 4 is 0 Å². The lowest BCUT2D eigenvalue weighted by molar-refractivity contribution is -0.0230. The molecule has 0 bridgehead atoms. The Morgan fingerprint density at radius 1 is 1.31 bits per heavy atom. The molecule has 1 heterocycles. The molecule has 0 unspecified atom stereocenters. The van der Waals surface area contributed by atoms with Crippen LogP contribution in [0.15, 0.2) is 0 Å². The molecule has 0 amide bonds. The van der Waals surface area contributed by atoms with Crippen LogP contribution in [-0.2, 0) is 4.74 Å². The minimum atomic E-state index is 0.183. The zero-order valence-electron chi connectivity index (χ0n) is 8.88. The Bertz CT molecular complexity index is 137. The van der Waals surface area contributed by atoms with E-state index >= 15 is 0 Å². The summed E-state index contributed by atoms with van der Waals surface area (Å²) >= 11 is 0. The Balaban J connectivity index is 2.38. The Kier molecular flexibility index (Phi) is 4.20. The minimum Gasteiger partial charge on any atom is -0.396 e. The molecular weight excluding hydrogens is 164 g/mol. The van der Waals surface area contributed by atoms with Gasteiger partial charge in [0.05, 0.1) is 0 Å². The van der Waals surface area contributed by atoms with Gasteiger partial charge in [0.15, 0.2) is 0 Å². The summed E-state index contributed by atoms with van der Waals surface area (Å²) < 4.78 is 5.32. The van der Waals surface area contributed by atoms with E-state index in [0.717, 1.165) is 38.4 Å². The molecule has 1 N–H and O–H groups in total. The fourth-order valence-corrected chi connectivity index (χ4v) is 1.89. The van der Waals surface area contributed by atoms with Crippen molar-refractivity contribution in [2.45, 2.75) is 39.5 Å². The van der Waals surface area contributed by atoms with Crippen LogP contribution in [0.2, 0.25) is 0 Å². The minimum absolute atomic E-state index is 0.183. The second kappa shape index (κ2) is 4.97. The van der Waals surface area contributed by atoms with Crippen LogP contribution in [0, 0.1) is 11.3 Å². The third-order valence-corrected chi connectivity index (χ3v) is 3.14. The molecule has 0 aromatic rings. The van der Waals surface area contributed by atoms with E-state index in [1.807, 2.05) is 0 Å². The lowest BCUT2D eigenvalue weighted by Gasteiger charge is -2.36. The van der Waals surface area contributed by atoms with E-state index < -0.39 is 0 Å². The molecule has 0 atom stereocenters. The maximum absolute atomic E-state index is 9.40. The summed E-state index contributed by atoms with van der Waals surface area (Å²) in [4.78, 5) is 0. The highest BCUT2D eigenvalue weighted by Gasteiger charge is 2.31. The second-order valence-electron chi connectivity index (χ2n) is 4.70. The highest BCUT2D eigenvalue weighted by Crippen LogP contribution is 2.35. The highest BCUT2D eigenvalue weighted by atomic mass is 16.5. The monoisotopic (exact) mass is 186 g/mol. The van der Waals surface area contributed by atoms with E-state index in [1.54, 1.807) is 0 Å². The van der Waals surface area contributed by atoms with E-state index in [9.17, 15) is 5.11 Å². The van der Waals surface area contributed by atoms with Gasteiger partial charge in [-0.25, -0.2) is 0 Å².